The van der Waals surface area contributed by atoms with Crippen molar-refractivity contribution in [3.05, 3.63) is 27.8 Å². The number of aliphatic hydroxyl groups is 3. The molecule has 1 rings (SSSR count). The van der Waals surface area contributed by atoms with Gasteiger partial charge in [0, 0.05) is 12.3 Å². The molecular formula is C10H15NO9S. The van der Waals surface area contributed by atoms with E-state index in [2.05, 4.69) is 0 Å². The normalized spacial score (nSPS) is 15.3. The van der Waals surface area contributed by atoms with E-state index in [9.17, 15) is 28.9 Å². The van der Waals surface area contributed by atoms with Gasteiger partial charge in [-0.1, -0.05) is 0 Å². The van der Waals surface area contributed by atoms with Crippen LogP contribution in [0.25, 0.3) is 0 Å². The summed E-state index contributed by atoms with van der Waals surface area (Å²) in [4.78, 5) is 22.6. The number of carboxylic acids is 1. The summed E-state index contributed by atoms with van der Waals surface area (Å²) in [7, 11) is -3.43. The lowest BCUT2D eigenvalue weighted by Crippen LogP contribution is -2.26. The van der Waals surface area contributed by atoms with E-state index < -0.39 is 58.2 Å². The Morgan fingerprint density at radius 1 is 1.43 bits per heavy atom. The number of aliphatic hydroxyl groups excluding tert-OH is 3. The Kier molecular flexibility index (Phi) is 5.33. The molecule has 0 fully saturated rings. The molecule has 0 radical (unpaired) electrons. The van der Waals surface area contributed by atoms with E-state index in [1.807, 2.05) is 4.72 Å². The SMILES string of the molecule is CS(O)(O)Nc1c([C@H](O)[C@H](O)CO)oc(C(=O)O)cc1=O. The Morgan fingerprint density at radius 2 is 2.00 bits per heavy atom. The molecule has 0 bridgehead atoms. The lowest BCUT2D eigenvalue weighted by molar-refractivity contribution is -0.0260. The zero-order valence-electron chi connectivity index (χ0n) is 10.8. The maximum Gasteiger partial charge on any atom is 0.371 e. The Balaban J connectivity index is 3.47. The van der Waals surface area contributed by atoms with E-state index >= 15 is 0 Å². The minimum atomic E-state index is -3.43. The second-order valence-corrected chi connectivity index (χ2v) is 6.02. The molecule has 0 unspecified atom stereocenters. The average molecular weight is 325 g/mol. The molecule has 10 nitrogen and oxygen atoms in total. The van der Waals surface area contributed by atoms with Gasteiger partial charge in [-0.05, 0) is 0 Å². The lowest BCUT2D eigenvalue weighted by atomic mass is 10.1. The second-order valence-electron chi connectivity index (χ2n) is 4.15. The Morgan fingerprint density at radius 3 is 2.43 bits per heavy atom. The van der Waals surface area contributed by atoms with E-state index in [4.69, 9.17) is 14.6 Å². The summed E-state index contributed by atoms with van der Waals surface area (Å²) in [5, 5.41) is 36.7. The predicted octanol–water partition coefficient (Wildman–Crippen LogP) is -0.568. The number of rotatable bonds is 6. The Labute approximate surface area is 119 Å². The molecule has 0 aromatic carbocycles. The standard InChI is InChI=1S/C10H15NO9S/c1-21(18,19)11-7-4(13)2-6(10(16)17)20-9(7)8(15)5(14)3-12/h2,5,8,11-12,14-15,18-19H,3H2,1H3,(H,16,17)/t5-,8-/m1/s1. The molecule has 7 N–H and O–H groups in total. The van der Waals surface area contributed by atoms with Crippen molar-refractivity contribution < 1.29 is 38.7 Å². The summed E-state index contributed by atoms with van der Waals surface area (Å²) in [5.41, 5.74) is -1.62. The summed E-state index contributed by atoms with van der Waals surface area (Å²) in [5.74, 6) is -3.16. The molecule has 0 aliphatic heterocycles. The van der Waals surface area contributed by atoms with Crippen molar-refractivity contribution in [2.75, 3.05) is 17.6 Å². The van der Waals surface area contributed by atoms with Crippen LogP contribution in [0, 0.1) is 0 Å². The highest BCUT2D eigenvalue weighted by molar-refractivity contribution is 8.24. The number of anilines is 1. The molecule has 0 amide bonds. The number of hydrogen-bond acceptors (Lipinski definition) is 9. The van der Waals surface area contributed by atoms with Crippen LogP contribution in [0.5, 0.6) is 0 Å². The minimum Gasteiger partial charge on any atom is -0.475 e. The zero-order valence-corrected chi connectivity index (χ0v) is 11.6. The van der Waals surface area contributed by atoms with Gasteiger partial charge < -0.3 is 24.8 Å². The molecule has 1 aromatic rings. The van der Waals surface area contributed by atoms with Crippen LogP contribution < -0.4 is 10.2 Å². The fourth-order valence-corrected chi connectivity index (χ4v) is 1.98. The molecule has 1 heterocycles. The third kappa shape index (κ3) is 4.42. The van der Waals surface area contributed by atoms with Gasteiger partial charge in [-0.25, -0.2) is 4.79 Å². The highest BCUT2D eigenvalue weighted by atomic mass is 32.3. The zero-order chi connectivity index (χ0) is 16.4. The van der Waals surface area contributed by atoms with Crippen molar-refractivity contribution in [3.63, 3.8) is 0 Å². The van der Waals surface area contributed by atoms with Gasteiger partial charge in [-0.15, -0.1) is 10.8 Å². The lowest BCUT2D eigenvalue weighted by Gasteiger charge is -2.29. The third-order valence-electron chi connectivity index (χ3n) is 2.30. The number of aromatic carboxylic acids is 1. The first kappa shape index (κ1) is 17.4. The van der Waals surface area contributed by atoms with Crippen molar-refractivity contribution >= 4 is 22.4 Å². The summed E-state index contributed by atoms with van der Waals surface area (Å²) in [6.07, 6.45) is -2.78. The largest absolute Gasteiger partial charge is 0.475 e. The summed E-state index contributed by atoms with van der Waals surface area (Å²) >= 11 is 0. The maximum absolute atomic E-state index is 11.8. The van der Waals surface area contributed by atoms with Gasteiger partial charge in [0.25, 0.3) is 0 Å². The van der Waals surface area contributed by atoms with E-state index in [0.717, 1.165) is 6.26 Å². The molecule has 0 spiro atoms. The topological polar surface area (TPSA) is 181 Å². The fraction of sp³-hybridized carbons (Fsp3) is 0.400. The minimum absolute atomic E-state index is 0.567. The Hall–Kier alpha value is -1.63. The van der Waals surface area contributed by atoms with Crippen LogP contribution in [0.2, 0.25) is 0 Å². The molecule has 11 heteroatoms. The van der Waals surface area contributed by atoms with Crippen molar-refractivity contribution in [3.8, 4) is 0 Å². The first-order chi connectivity index (χ1) is 9.56. The molecular weight excluding hydrogens is 310 g/mol. The van der Waals surface area contributed by atoms with Gasteiger partial charge in [0.15, 0.2) is 5.76 Å². The monoisotopic (exact) mass is 325 g/mol. The van der Waals surface area contributed by atoms with Crippen molar-refractivity contribution in [2.45, 2.75) is 12.2 Å². The highest BCUT2D eigenvalue weighted by Gasteiger charge is 2.28. The second kappa shape index (κ2) is 6.43. The van der Waals surface area contributed by atoms with Crippen LogP contribution in [0.3, 0.4) is 0 Å². The van der Waals surface area contributed by atoms with Crippen molar-refractivity contribution in [2.24, 2.45) is 0 Å². The predicted molar refractivity (Wildman–Crippen MR) is 72.4 cm³/mol. The number of nitrogens with one attached hydrogen (secondary N) is 1. The van der Waals surface area contributed by atoms with Gasteiger partial charge in [0.05, 0.1) is 6.61 Å². The van der Waals surface area contributed by atoms with E-state index in [1.54, 1.807) is 0 Å². The van der Waals surface area contributed by atoms with Crippen LogP contribution in [0.1, 0.15) is 22.4 Å². The third-order valence-corrected chi connectivity index (χ3v) is 2.89. The van der Waals surface area contributed by atoms with Gasteiger partial charge in [0.2, 0.25) is 11.2 Å². The molecule has 0 aliphatic rings. The average Bonchev–Trinajstić information content (AvgIpc) is 2.37. The smallest absolute Gasteiger partial charge is 0.371 e. The molecule has 1 aromatic heterocycles. The molecule has 2 atom stereocenters. The van der Waals surface area contributed by atoms with Gasteiger partial charge in [0.1, 0.15) is 17.9 Å². The number of hydrogen-bond donors (Lipinski definition) is 7. The van der Waals surface area contributed by atoms with E-state index in [0.29, 0.717) is 6.07 Å². The number of carboxylic acid groups (broad SMARTS) is 1. The molecule has 21 heavy (non-hydrogen) atoms. The van der Waals surface area contributed by atoms with Crippen LogP contribution in [0.15, 0.2) is 15.3 Å². The highest BCUT2D eigenvalue weighted by Crippen LogP contribution is 2.36. The van der Waals surface area contributed by atoms with Crippen LogP contribution in [-0.2, 0) is 0 Å². The Bertz CT molecular complexity index is 579. The van der Waals surface area contributed by atoms with E-state index in [-0.39, 0.29) is 0 Å². The molecule has 0 aliphatic carbocycles. The molecule has 0 saturated carbocycles. The van der Waals surface area contributed by atoms with Gasteiger partial charge in [-0.3, -0.25) is 18.6 Å². The van der Waals surface area contributed by atoms with E-state index in [1.165, 1.54) is 0 Å². The first-order valence-electron chi connectivity index (χ1n) is 5.46. The number of carbonyl (C=O) groups is 1. The molecule has 0 saturated heterocycles. The van der Waals surface area contributed by atoms with Crippen molar-refractivity contribution in [1.29, 1.82) is 0 Å². The van der Waals surface area contributed by atoms with Crippen LogP contribution in [-0.4, -0.2) is 54.5 Å². The first-order valence-corrected chi connectivity index (χ1v) is 7.41. The fourth-order valence-electron chi connectivity index (χ4n) is 1.39. The van der Waals surface area contributed by atoms with Gasteiger partial charge >= 0.3 is 5.97 Å². The summed E-state index contributed by atoms with van der Waals surface area (Å²) in [6.45, 7) is -0.899. The van der Waals surface area contributed by atoms with Crippen LogP contribution >= 0.6 is 10.8 Å². The van der Waals surface area contributed by atoms with Crippen LogP contribution in [0.4, 0.5) is 5.69 Å². The maximum atomic E-state index is 11.8. The molecule has 120 valence electrons. The summed E-state index contributed by atoms with van der Waals surface area (Å²) < 4.78 is 25.4. The van der Waals surface area contributed by atoms with Gasteiger partial charge in [-0.2, -0.15) is 0 Å². The van der Waals surface area contributed by atoms with Crippen molar-refractivity contribution in [1.82, 2.24) is 0 Å². The summed E-state index contributed by atoms with van der Waals surface area (Å²) in [6, 6.07) is 0.567. The quantitative estimate of drug-likeness (QED) is 0.358.